The van der Waals surface area contributed by atoms with Gasteiger partial charge in [-0.25, -0.2) is 0 Å². The molecule has 0 aromatic heterocycles. The maximum atomic E-state index is 10.9. The number of carboxylic acid groups (broad SMARTS) is 1. The molecule has 0 rings (SSSR count). The van der Waals surface area contributed by atoms with E-state index in [0.717, 1.165) is 6.92 Å². The Morgan fingerprint density at radius 3 is 1.47 bits per heavy atom. The molecule has 0 amide bonds. The van der Waals surface area contributed by atoms with Gasteiger partial charge in [-0.1, -0.05) is 22.4 Å². The van der Waals surface area contributed by atoms with E-state index in [1.54, 1.807) is 0 Å². The molecule has 7 nitrogen and oxygen atoms in total. The number of hydrogen-bond acceptors (Lipinski definition) is 6. The molecule has 0 aliphatic rings. The average Bonchev–Trinajstić information content (AvgIpc) is 2.22. The number of carbonyl (C=O) groups is 3. The number of esters is 2. The van der Waals surface area contributed by atoms with Crippen molar-refractivity contribution in [3.8, 4) is 0 Å². The Bertz CT molecular complexity index is 266. The van der Waals surface area contributed by atoms with Gasteiger partial charge in [-0.15, -0.1) is 0 Å². The van der Waals surface area contributed by atoms with E-state index in [4.69, 9.17) is 9.90 Å². The summed E-state index contributed by atoms with van der Waals surface area (Å²) in [5.41, 5.74) is 0. The summed E-state index contributed by atoms with van der Waals surface area (Å²) in [6.45, 7) is 1.08. The minimum atomic E-state index is -1.07. The lowest BCUT2D eigenvalue weighted by atomic mass is 10.5. The monoisotopic (exact) mass is 314 g/mol. The summed E-state index contributed by atoms with van der Waals surface area (Å²) in [5, 5.41) is 7.42. The molecule has 0 fully saturated rings. The number of carboxylic acids is 1. The molecular weight excluding hydrogens is 296 g/mol. The molecule has 9 heteroatoms. The van der Waals surface area contributed by atoms with E-state index >= 15 is 0 Å². The van der Waals surface area contributed by atoms with E-state index in [2.05, 4.69) is 4.74 Å². The van der Waals surface area contributed by atoms with Crippen LogP contribution < -0.4 is 0 Å². The van der Waals surface area contributed by atoms with Gasteiger partial charge in [0.05, 0.1) is 25.4 Å². The zero-order chi connectivity index (χ0) is 15.4. The number of rotatable bonds is 6. The number of aliphatic carboxylic acids is 1. The van der Waals surface area contributed by atoms with Gasteiger partial charge in [0.2, 0.25) is 0 Å². The van der Waals surface area contributed by atoms with Crippen LogP contribution in [0.3, 0.4) is 0 Å². The average molecular weight is 314 g/mol. The third-order valence-electron chi connectivity index (χ3n) is 1.41. The predicted octanol–water partition coefficient (Wildman–Crippen LogP) is -0.316. The Hall–Kier alpha value is -0.770. The fraction of sp³-hybridized carbons (Fsp3) is 0.700. The van der Waals surface area contributed by atoms with Crippen molar-refractivity contribution in [1.82, 2.24) is 0 Å². The zero-order valence-corrected chi connectivity index (χ0v) is 12.7. The van der Waals surface area contributed by atoms with Gasteiger partial charge in [-0.3, -0.25) is 14.4 Å². The zero-order valence-electron chi connectivity index (χ0n) is 11.0. The standard InChI is InChI=1S/C8H14O5S2.C2H4O2/c1-14(11)5-3-7(9)13-8(10)4-6-15(2)12;1-2(3)4/h3-6H2,1-2H3;1H3,(H,3,4). The Morgan fingerprint density at radius 1 is 1.00 bits per heavy atom. The van der Waals surface area contributed by atoms with Crippen molar-refractivity contribution in [3.63, 3.8) is 0 Å². The molecule has 2 atom stereocenters. The summed E-state index contributed by atoms with van der Waals surface area (Å²) in [5.74, 6) is -1.83. The van der Waals surface area contributed by atoms with E-state index in [1.165, 1.54) is 12.5 Å². The first-order chi connectivity index (χ1) is 8.65. The second kappa shape index (κ2) is 12.3. The molecule has 19 heavy (non-hydrogen) atoms. The van der Waals surface area contributed by atoms with Crippen LogP contribution >= 0.6 is 0 Å². The van der Waals surface area contributed by atoms with E-state index in [9.17, 15) is 18.7 Å². The number of ether oxygens (including phenoxy) is 1. The molecule has 0 aromatic carbocycles. The molecule has 0 saturated carbocycles. The second-order valence-electron chi connectivity index (χ2n) is 3.42. The van der Waals surface area contributed by atoms with Crippen molar-refractivity contribution < 1.29 is 33.3 Å². The normalized spacial score (nSPS) is 12.7. The van der Waals surface area contributed by atoms with Gasteiger partial charge in [0.15, 0.2) is 0 Å². The van der Waals surface area contributed by atoms with Gasteiger partial charge in [-0.2, -0.15) is 0 Å². The van der Waals surface area contributed by atoms with E-state index in [-0.39, 0.29) is 24.3 Å². The van der Waals surface area contributed by atoms with Gasteiger partial charge in [-0.05, 0) is 0 Å². The molecule has 0 saturated heterocycles. The van der Waals surface area contributed by atoms with E-state index < -0.39 is 40.3 Å². The lowest BCUT2D eigenvalue weighted by Gasteiger charge is -2.05. The molecule has 0 spiro atoms. The highest BCUT2D eigenvalue weighted by atomic mass is 32.2. The van der Waals surface area contributed by atoms with E-state index in [1.807, 2.05) is 0 Å². The smallest absolute Gasteiger partial charge is 0.318 e. The van der Waals surface area contributed by atoms with Crippen LogP contribution in [0.25, 0.3) is 0 Å². The topological polar surface area (TPSA) is 127 Å². The van der Waals surface area contributed by atoms with Crippen molar-refractivity contribution in [2.24, 2.45) is 0 Å². The Labute approximate surface area is 118 Å². The van der Waals surface area contributed by atoms with Crippen LogP contribution in [0, 0.1) is 0 Å². The summed E-state index contributed by atoms with van der Waals surface area (Å²) in [7, 11) is 0. The summed E-state index contributed by atoms with van der Waals surface area (Å²) in [6, 6.07) is 0. The fourth-order valence-electron chi connectivity index (χ4n) is 0.683. The molecule has 112 valence electrons. The summed E-state index contributed by atoms with van der Waals surface area (Å²) >= 11 is -2.15. The fourth-order valence-corrected chi connectivity index (χ4v) is 1.59. The third-order valence-corrected chi connectivity index (χ3v) is 2.97. The highest BCUT2D eigenvalue weighted by Gasteiger charge is 2.14. The maximum absolute atomic E-state index is 10.9. The highest BCUT2D eigenvalue weighted by Crippen LogP contribution is 1.97. The molecule has 0 radical (unpaired) electrons. The molecule has 0 aromatic rings. The van der Waals surface area contributed by atoms with Gasteiger partial charge in [0.25, 0.3) is 5.97 Å². The van der Waals surface area contributed by atoms with Crippen LogP contribution in [0.4, 0.5) is 0 Å². The largest absolute Gasteiger partial charge is 0.617 e. The van der Waals surface area contributed by atoms with Crippen molar-refractivity contribution in [2.75, 3.05) is 24.0 Å². The summed E-state index contributed by atoms with van der Waals surface area (Å²) < 4.78 is 25.7. The Kier molecular flexibility index (Phi) is 13.3. The second-order valence-corrected chi connectivity index (χ2v) is 6.53. The molecule has 1 N–H and O–H groups in total. The van der Waals surface area contributed by atoms with E-state index in [0.29, 0.717) is 0 Å². The molecule has 0 aliphatic heterocycles. The quantitative estimate of drug-likeness (QED) is 0.404. The van der Waals surface area contributed by atoms with Crippen molar-refractivity contribution in [3.05, 3.63) is 0 Å². The predicted molar refractivity (Wildman–Crippen MR) is 71.5 cm³/mol. The minimum absolute atomic E-state index is 0.0376. The van der Waals surface area contributed by atoms with Gasteiger partial charge < -0.3 is 18.9 Å². The van der Waals surface area contributed by atoms with Crippen LogP contribution in [0.2, 0.25) is 0 Å². The third kappa shape index (κ3) is 22.8. The van der Waals surface area contributed by atoms with Gasteiger partial charge in [0.1, 0.15) is 11.5 Å². The lowest BCUT2D eigenvalue weighted by molar-refractivity contribution is -0.159. The van der Waals surface area contributed by atoms with Gasteiger partial charge in [0, 0.05) is 6.92 Å². The van der Waals surface area contributed by atoms with Crippen LogP contribution in [-0.2, 0) is 41.5 Å². The van der Waals surface area contributed by atoms with Crippen LogP contribution in [0.5, 0.6) is 0 Å². The van der Waals surface area contributed by atoms with Crippen molar-refractivity contribution in [2.45, 2.75) is 19.8 Å². The molecular formula is C10H18O7S2. The van der Waals surface area contributed by atoms with Gasteiger partial charge >= 0.3 is 11.9 Å². The lowest BCUT2D eigenvalue weighted by Crippen LogP contribution is -2.18. The molecule has 0 bridgehead atoms. The Balaban J connectivity index is 0. The van der Waals surface area contributed by atoms with Crippen LogP contribution in [0.1, 0.15) is 19.8 Å². The van der Waals surface area contributed by atoms with Crippen LogP contribution in [-0.4, -0.2) is 56.1 Å². The van der Waals surface area contributed by atoms with Crippen molar-refractivity contribution in [1.29, 1.82) is 0 Å². The Morgan fingerprint density at radius 2 is 1.26 bits per heavy atom. The number of hydrogen-bond donors (Lipinski definition) is 1. The van der Waals surface area contributed by atoms with Crippen LogP contribution in [0.15, 0.2) is 0 Å². The first-order valence-corrected chi connectivity index (χ1v) is 8.63. The van der Waals surface area contributed by atoms with Crippen molar-refractivity contribution >= 4 is 40.3 Å². The SMILES string of the molecule is CC(=O)O.C[S+]([O-])CCC(=O)OC(=O)CC[S+](C)[O-]. The summed E-state index contributed by atoms with van der Waals surface area (Å²) in [4.78, 5) is 30.9. The maximum Gasteiger partial charge on any atom is 0.318 e. The first kappa shape index (κ1) is 20.5. The first-order valence-electron chi connectivity index (χ1n) is 5.18. The minimum Gasteiger partial charge on any atom is -0.617 e. The molecule has 2 unspecified atom stereocenters. The summed E-state index contributed by atoms with van der Waals surface area (Å²) in [6.07, 6.45) is 2.86. The highest BCUT2D eigenvalue weighted by molar-refractivity contribution is 7.90. The molecule has 0 heterocycles. The molecule has 0 aliphatic carbocycles. The number of carbonyl (C=O) groups excluding carboxylic acids is 2.